The molecular weight excluding hydrogens is 339 g/mol. The van der Waals surface area contributed by atoms with Crippen molar-refractivity contribution in [2.45, 2.75) is 6.92 Å². The number of rotatable bonds is 4. The van der Waals surface area contributed by atoms with Crippen LogP contribution in [0.15, 0.2) is 34.8 Å². The minimum absolute atomic E-state index is 0.264. The molecule has 0 aliphatic heterocycles. The predicted octanol–water partition coefficient (Wildman–Crippen LogP) is 4.14. The SMILES string of the molecule is COc1cc(C)c(C(=O)c2ccc(Br)c(F)c2)cc1OC. The number of ether oxygens (including phenoxy) is 2. The molecular formula is C16H14BrFO3. The summed E-state index contributed by atoms with van der Waals surface area (Å²) < 4.78 is 24.3. The van der Waals surface area contributed by atoms with Crippen molar-refractivity contribution < 1.29 is 18.7 Å². The third-order valence-corrected chi connectivity index (χ3v) is 3.80. The van der Waals surface area contributed by atoms with Gasteiger partial charge in [-0.25, -0.2) is 4.39 Å². The second-order valence-electron chi connectivity index (χ2n) is 4.48. The van der Waals surface area contributed by atoms with Crippen molar-refractivity contribution in [3.63, 3.8) is 0 Å². The highest BCUT2D eigenvalue weighted by Gasteiger charge is 2.17. The van der Waals surface area contributed by atoms with E-state index in [0.29, 0.717) is 21.5 Å². The highest BCUT2D eigenvalue weighted by Crippen LogP contribution is 2.31. The van der Waals surface area contributed by atoms with E-state index in [1.807, 2.05) is 0 Å². The van der Waals surface area contributed by atoms with Gasteiger partial charge >= 0.3 is 0 Å². The summed E-state index contributed by atoms with van der Waals surface area (Å²) in [5, 5.41) is 0. The summed E-state index contributed by atoms with van der Waals surface area (Å²) in [4.78, 5) is 12.5. The number of hydrogen-bond acceptors (Lipinski definition) is 3. The fourth-order valence-corrected chi connectivity index (χ4v) is 2.26. The Bertz CT molecular complexity index is 698. The molecule has 0 aromatic heterocycles. The molecule has 0 atom stereocenters. The van der Waals surface area contributed by atoms with E-state index in [2.05, 4.69) is 15.9 Å². The lowest BCUT2D eigenvalue weighted by molar-refractivity contribution is 0.103. The fourth-order valence-electron chi connectivity index (χ4n) is 2.02. The van der Waals surface area contributed by atoms with E-state index < -0.39 is 5.82 Å². The van der Waals surface area contributed by atoms with Crippen LogP contribution in [0.5, 0.6) is 11.5 Å². The molecule has 2 rings (SSSR count). The maximum absolute atomic E-state index is 13.6. The summed E-state index contributed by atoms with van der Waals surface area (Å²) in [6, 6.07) is 7.63. The maximum Gasteiger partial charge on any atom is 0.193 e. The second-order valence-corrected chi connectivity index (χ2v) is 5.33. The van der Waals surface area contributed by atoms with E-state index in [-0.39, 0.29) is 11.3 Å². The van der Waals surface area contributed by atoms with Gasteiger partial charge in [-0.05, 0) is 58.7 Å². The lowest BCUT2D eigenvalue weighted by Gasteiger charge is -2.12. The first-order valence-electron chi connectivity index (χ1n) is 6.20. The standard InChI is InChI=1S/C16H14BrFO3/c1-9-6-14(20-2)15(21-3)8-11(9)16(19)10-4-5-12(17)13(18)7-10/h4-8H,1-3H3. The summed E-state index contributed by atoms with van der Waals surface area (Å²) >= 11 is 3.07. The topological polar surface area (TPSA) is 35.5 Å². The van der Waals surface area contributed by atoms with E-state index in [1.165, 1.54) is 26.4 Å². The molecule has 2 aromatic rings. The Balaban J connectivity index is 2.50. The molecule has 0 bridgehead atoms. The van der Waals surface area contributed by atoms with Crippen LogP contribution in [0.1, 0.15) is 21.5 Å². The van der Waals surface area contributed by atoms with Crippen LogP contribution in [0.25, 0.3) is 0 Å². The molecule has 0 radical (unpaired) electrons. The Hall–Kier alpha value is -1.88. The van der Waals surface area contributed by atoms with Crippen molar-refractivity contribution in [3.8, 4) is 11.5 Å². The molecule has 0 spiro atoms. The first kappa shape index (κ1) is 15.5. The number of carbonyl (C=O) groups is 1. The van der Waals surface area contributed by atoms with Crippen LogP contribution in [0.4, 0.5) is 4.39 Å². The molecule has 3 nitrogen and oxygen atoms in total. The van der Waals surface area contributed by atoms with Gasteiger partial charge in [-0.15, -0.1) is 0 Å². The number of hydrogen-bond donors (Lipinski definition) is 0. The van der Waals surface area contributed by atoms with Gasteiger partial charge in [0.25, 0.3) is 0 Å². The van der Waals surface area contributed by atoms with Crippen LogP contribution in [0.3, 0.4) is 0 Å². The third kappa shape index (κ3) is 3.08. The minimum atomic E-state index is -0.473. The molecule has 0 saturated heterocycles. The van der Waals surface area contributed by atoms with Crippen molar-refractivity contribution in [2.75, 3.05) is 14.2 Å². The molecule has 110 valence electrons. The van der Waals surface area contributed by atoms with E-state index >= 15 is 0 Å². The molecule has 0 aliphatic carbocycles. The van der Waals surface area contributed by atoms with Crippen LogP contribution in [-0.4, -0.2) is 20.0 Å². The van der Waals surface area contributed by atoms with Gasteiger partial charge in [0, 0.05) is 11.1 Å². The molecule has 0 fully saturated rings. The van der Waals surface area contributed by atoms with Crippen molar-refractivity contribution >= 4 is 21.7 Å². The Kier molecular flexibility index (Phi) is 4.63. The highest BCUT2D eigenvalue weighted by atomic mass is 79.9. The van der Waals surface area contributed by atoms with Gasteiger partial charge in [-0.2, -0.15) is 0 Å². The summed E-state index contributed by atoms with van der Waals surface area (Å²) in [5.41, 5.74) is 1.47. The normalized spacial score (nSPS) is 10.3. The van der Waals surface area contributed by atoms with Crippen LogP contribution < -0.4 is 9.47 Å². The average Bonchev–Trinajstić information content (AvgIpc) is 2.49. The van der Waals surface area contributed by atoms with Crippen LogP contribution >= 0.6 is 15.9 Å². The van der Waals surface area contributed by atoms with Gasteiger partial charge in [-0.1, -0.05) is 0 Å². The van der Waals surface area contributed by atoms with Gasteiger partial charge in [0.05, 0.1) is 18.7 Å². The van der Waals surface area contributed by atoms with Gasteiger partial charge < -0.3 is 9.47 Å². The maximum atomic E-state index is 13.6. The van der Waals surface area contributed by atoms with Crippen molar-refractivity contribution in [2.24, 2.45) is 0 Å². The molecule has 5 heteroatoms. The van der Waals surface area contributed by atoms with E-state index in [9.17, 15) is 9.18 Å². The molecule has 0 N–H and O–H groups in total. The van der Waals surface area contributed by atoms with E-state index in [1.54, 1.807) is 25.1 Å². The van der Waals surface area contributed by atoms with E-state index in [4.69, 9.17) is 9.47 Å². The summed E-state index contributed by atoms with van der Waals surface area (Å²) in [6.45, 7) is 1.80. The largest absolute Gasteiger partial charge is 0.493 e. The van der Waals surface area contributed by atoms with Crippen LogP contribution in [0, 0.1) is 12.7 Å². The highest BCUT2D eigenvalue weighted by molar-refractivity contribution is 9.10. The smallest absolute Gasteiger partial charge is 0.193 e. The number of benzene rings is 2. The van der Waals surface area contributed by atoms with E-state index in [0.717, 1.165) is 5.56 Å². The molecule has 0 saturated carbocycles. The molecule has 21 heavy (non-hydrogen) atoms. The first-order valence-corrected chi connectivity index (χ1v) is 6.99. The van der Waals surface area contributed by atoms with Gasteiger partial charge in [-0.3, -0.25) is 4.79 Å². The van der Waals surface area contributed by atoms with Gasteiger partial charge in [0.15, 0.2) is 17.3 Å². The number of halogens is 2. The Morgan fingerprint density at radius 1 is 1.10 bits per heavy atom. The van der Waals surface area contributed by atoms with Crippen LogP contribution in [0.2, 0.25) is 0 Å². The van der Waals surface area contributed by atoms with Crippen LogP contribution in [-0.2, 0) is 0 Å². The lowest BCUT2D eigenvalue weighted by Crippen LogP contribution is -2.05. The molecule has 2 aromatic carbocycles. The summed E-state index contributed by atoms with van der Waals surface area (Å²) in [6.07, 6.45) is 0. The molecule has 0 amide bonds. The Morgan fingerprint density at radius 2 is 1.71 bits per heavy atom. The number of aryl methyl sites for hydroxylation is 1. The third-order valence-electron chi connectivity index (χ3n) is 3.16. The average molecular weight is 353 g/mol. The van der Waals surface area contributed by atoms with Gasteiger partial charge in [0.1, 0.15) is 5.82 Å². The summed E-state index contributed by atoms with van der Waals surface area (Å²) in [7, 11) is 3.03. The van der Waals surface area contributed by atoms with Crippen molar-refractivity contribution in [3.05, 3.63) is 57.3 Å². The zero-order valence-electron chi connectivity index (χ0n) is 11.9. The Labute approximate surface area is 130 Å². The Morgan fingerprint density at radius 3 is 2.29 bits per heavy atom. The quantitative estimate of drug-likeness (QED) is 0.775. The fraction of sp³-hybridized carbons (Fsp3) is 0.188. The molecule has 0 aliphatic rings. The molecule has 0 unspecified atom stereocenters. The number of ketones is 1. The lowest BCUT2D eigenvalue weighted by atomic mass is 9.98. The number of methoxy groups -OCH3 is 2. The zero-order valence-corrected chi connectivity index (χ0v) is 13.5. The summed E-state index contributed by atoms with van der Waals surface area (Å²) in [5.74, 6) is 0.274. The minimum Gasteiger partial charge on any atom is -0.493 e. The van der Waals surface area contributed by atoms with Crippen molar-refractivity contribution in [1.29, 1.82) is 0 Å². The van der Waals surface area contributed by atoms with Gasteiger partial charge in [0.2, 0.25) is 0 Å². The monoisotopic (exact) mass is 352 g/mol. The number of carbonyl (C=O) groups excluding carboxylic acids is 1. The zero-order chi connectivity index (χ0) is 15.6. The van der Waals surface area contributed by atoms with Crippen molar-refractivity contribution in [1.82, 2.24) is 0 Å². The first-order chi connectivity index (χ1) is 9.97. The predicted molar refractivity (Wildman–Crippen MR) is 81.8 cm³/mol. The molecule has 0 heterocycles. The second kappa shape index (κ2) is 6.26.